The minimum atomic E-state index is -0.291. The normalized spacial score (nSPS) is 26.7. The maximum absolute atomic E-state index is 12.9. The number of nitrogens with one attached hydrogen (secondary N) is 1. The van der Waals surface area contributed by atoms with Crippen LogP contribution in [-0.4, -0.2) is 45.2 Å². The van der Waals surface area contributed by atoms with Crippen molar-refractivity contribution in [2.24, 2.45) is 0 Å². The molecule has 134 valence electrons. The van der Waals surface area contributed by atoms with Gasteiger partial charge < -0.3 is 10.2 Å². The Morgan fingerprint density at radius 1 is 1.16 bits per heavy atom. The average Bonchev–Trinajstić information content (AvgIpc) is 2.87. The highest BCUT2D eigenvalue weighted by molar-refractivity contribution is 5.89. The molecule has 6 nitrogen and oxygen atoms in total. The predicted octanol–water partition coefficient (Wildman–Crippen LogP) is 2.40. The van der Waals surface area contributed by atoms with Gasteiger partial charge in [0.1, 0.15) is 0 Å². The minimum Gasteiger partial charge on any atom is -0.334 e. The number of carbonyl (C=O) groups excluding carboxylic acids is 1. The molecular weight excluding hydrogens is 316 g/mol. The smallest absolute Gasteiger partial charge is 0.334 e. The van der Waals surface area contributed by atoms with E-state index in [-0.39, 0.29) is 17.8 Å². The molecule has 0 spiro atoms. The zero-order chi connectivity index (χ0) is 17.6. The van der Waals surface area contributed by atoms with E-state index in [1.165, 1.54) is 23.8 Å². The first kappa shape index (κ1) is 16.4. The van der Waals surface area contributed by atoms with Gasteiger partial charge in [0.2, 0.25) is 0 Å². The van der Waals surface area contributed by atoms with E-state index in [4.69, 9.17) is 0 Å². The van der Waals surface area contributed by atoms with Crippen LogP contribution in [-0.2, 0) is 6.54 Å². The van der Waals surface area contributed by atoms with E-state index in [0.717, 1.165) is 18.4 Å². The maximum atomic E-state index is 12.9. The highest BCUT2D eigenvalue weighted by Gasteiger charge is 2.36. The molecule has 3 heterocycles. The van der Waals surface area contributed by atoms with Gasteiger partial charge in [-0.3, -0.25) is 4.57 Å². The Bertz CT molecular complexity index is 839. The van der Waals surface area contributed by atoms with Crippen molar-refractivity contribution < 1.29 is 4.79 Å². The molecule has 2 bridgehead atoms. The number of hydrogen-bond acceptors (Lipinski definition) is 3. The monoisotopic (exact) mass is 342 g/mol. The summed E-state index contributed by atoms with van der Waals surface area (Å²) in [6, 6.07) is 8.45. The summed E-state index contributed by atoms with van der Waals surface area (Å²) in [5.41, 5.74) is 1.24. The van der Waals surface area contributed by atoms with E-state index in [1.807, 2.05) is 31.2 Å². The van der Waals surface area contributed by atoms with E-state index in [2.05, 4.69) is 17.3 Å². The Kier molecular flexibility index (Phi) is 4.15. The average molecular weight is 342 g/mol. The van der Waals surface area contributed by atoms with Crippen molar-refractivity contribution in [3.8, 4) is 0 Å². The summed E-state index contributed by atoms with van der Waals surface area (Å²) < 4.78 is 2.95. The summed E-state index contributed by atoms with van der Waals surface area (Å²) in [7, 11) is 2.20. The van der Waals surface area contributed by atoms with E-state index >= 15 is 0 Å². The van der Waals surface area contributed by atoms with Crippen LogP contribution in [0.1, 0.15) is 39.0 Å². The molecule has 6 heteroatoms. The summed E-state index contributed by atoms with van der Waals surface area (Å²) in [6.45, 7) is 2.48. The Labute approximate surface area is 147 Å². The van der Waals surface area contributed by atoms with Gasteiger partial charge in [-0.25, -0.2) is 14.2 Å². The van der Waals surface area contributed by atoms with Crippen molar-refractivity contribution in [2.45, 2.75) is 63.7 Å². The standard InChI is InChI=1S/C19H26N4O2/c1-3-22-16-9-4-5-10-17(16)23(19(22)25)18(24)20-13-11-14-7-6-8-15(12-13)21(14)2/h4-5,9-10,13-15H,3,6-8,11-12H2,1-2H3,(H,20,24)/t13?,14-,15+. The highest BCUT2D eigenvalue weighted by atomic mass is 16.2. The van der Waals surface area contributed by atoms with Crippen molar-refractivity contribution >= 4 is 17.1 Å². The van der Waals surface area contributed by atoms with E-state index in [9.17, 15) is 9.59 Å². The molecule has 25 heavy (non-hydrogen) atoms. The van der Waals surface area contributed by atoms with Crippen molar-refractivity contribution in [3.63, 3.8) is 0 Å². The van der Waals surface area contributed by atoms with E-state index in [1.54, 1.807) is 4.57 Å². The molecule has 3 atom stereocenters. The SMILES string of the molecule is CCn1c(=O)n(C(=O)NC2C[C@H]3CCC[C@@H](C2)N3C)c2ccccc21. The zero-order valence-electron chi connectivity index (χ0n) is 14.9. The second-order valence-electron chi connectivity index (χ2n) is 7.37. The molecule has 1 aromatic heterocycles. The number of aryl methyl sites for hydroxylation is 1. The van der Waals surface area contributed by atoms with Gasteiger partial charge in [-0.2, -0.15) is 0 Å². The number of imidazole rings is 1. The zero-order valence-corrected chi connectivity index (χ0v) is 14.9. The van der Waals surface area contributed by atoms with Crippen LogP contribution in [0.3, 0.4) is 0 Å². The number of amides is 1. The number of carbonyl (C=O) groups is 1. The fraction of sp³-hybridized carbons (Fsp3) is 0.579. The topological polar surface area (TPSA) is 59.3 Å². The van der Waals surface area contributed by atoms with Crippen LogP contribution < -0.4 is 11.0 Å². The molecule has 1 unspecified atom stereocenters. The first-order valence-corrected chi connectivity index (χ1v) is 9.33. The van der Waals surface area contributed by atoms with Crippen LogP contribution in [0, 0.1) is 0 Å². The molecule has 1 amide bonds. The summed E-state index contributed by atoms with van der Waals surface area (Å²) >= 11 is 0. The fourth-order valence-electron chi connectivity index (χ4n) is 4.68. The third-order valence-electron chi connectivity index (χ3n) is 6.02. The Hall–Kier alpha value is -2.08. The summed E-state index contributed by atoms with van der Waals surface area (Å²) in [5.74, 6) is 0. The summed E-state index contributed by atoms with van der Waals surface area (Å²) in [5, 5.41) is 3.14. The van der Waals surface area contributed by atoms with Crippen molar-refractivity contribution in [1.82, 2.24) is 19.4 Å². The molecule has 1 N–H and O–H groups in total. The van der Waals surface area contributed by atoms with Crippen LogP contribution in [0.5, 0.6) is 0 Å². The van der Waals surface area contributed by atoms with Crippen LogP contribution in [0.4, 0.5) is 4.79 Å². The Morgan fingerprint density at radius 3 is 2.44 bits per heavy atom. The number of para-hydroxylation sites is 2. The van der Waals surface area contributed by atoms with Gasteiger partial charge in [0.15, 0.2) is 0 Å². The number of aromatic nitrogens is 2. The van der Waals surface area contributed by atoms with Gasteiger partial charge in [-0.05, 0) is 51.8 Å². The van der Waals surface area contributed by atoms with Gasteiger partial charge in [0.05, 0.1) is 11.0 Å². The quantitative estimate of drug-likeness (QED) is 0.912. The largest absolute Gasteiger partial charge is 0.337 e. The number of piperidine rings is 2. The lowest BCUT2D eigenvalue weighted by Gasteiger charge is -2.47. The van der Waals surface area contributed by atoms with E-state index < -0.39 is 0 Å². The first-order valence-electron chi connectivity index (χ1n) is 9.33. The highest BCUT2D eigenvalue weighted by Crippen LogP contribution is 2.32. The molecule has 2 aliphatic rings. The van der Waals surface area contributed by atoms with Gasteiger partial charge in [0.25, 0.3) is 0 Å². The third-order valence-corrected chi connectivity index (χ3v) is 6.02. The molecular formula is C19H26N4O2. The van der Waals surface area contributed by atoms with Crippen LogP contribution in [0.15, 0.2) is 29.1 Å². The molecule has 2 aliphatic heterocycles. The third kappa shape index (κ3) is 2.68. The first-order chi connectivity index (χ1) is 12.1. The number of rotatable bonds is 2. The van der Waals surface area contributed by atoms with Crippen LogP contribution in [0.25, 0.3) is 11.0 Å². The summed E-state index contributed by atoms with van der Waals surface area (Å²) in [6.07, 6.45) is 5.63. The fourth-order valence-corrected chi connectivity index (χ4v) is 4.68. The second kappa shape index (κ2) is 6.33. The number of benzene rings is 1. The van der Waals surface area contributed by atoms with Gasteiger partial charge >= 0.3 is 11.7 Å². The molecule has 0 saturated carbocycles. The molecule has 2 aromatic rings. The molecule has 2 fully saturated rings. The predicted molar refractivity (Wildman–Crippen MR) is 98.0 cm³/mol. The molecule has 0 aliphatic carbocycles. The van der Waals surface area contributed by atoms with Crippen molar-refractivity contribution in [2.75, 3.05) is 7.05 Å². The molecule has 1 aromatic carbocycles. The van der Waals surface area contributed by atoms with Gasteiger partial charge in [0, 0.05) is 24.7 Å². The molecule has 2 saturated heterocycles. The maximum Gasteiger partial charge on any atom is 0.337 e. The number of fused-ring (bicyclic) bond motifs is 3. The lowest BCUT2D eigenvalue weighted by molar-refractivity contribution is 0.0509. The van der Waals surface area contributed by atoms with Crippen LogP contribution >= 0.6 is 0 Å². The second-order valence-corrected chi connectivity index (χ2v) is 7.37. The van der Waals surface area contributed by atoms with Gasteiger partial charge in [-0.1, -0.05) is 18.6 Å². The van der Waals surface area contributed by atoms with Crippen LogP contribution in [0.2, 0.25) is 0 Å². The van der Waals surface area contributed by atoms with Crippen molar-refractivity contribution in [1.29, 1.82) is 0 Å². The molecule has 0 radical (unpaired) electrons. The lowest BCUT2D eigenvalue weighted by Crippen LogP contribution is -2.56. The Morgan fingerprint density at radius 2 is 1.80 bits per heavy atom. The number of nitrogens with zero attached hydrogens (tertiary/aromatic N) is 3. The van der Waals surface area contributed by atoms with E-state index in [0.29, 0.717) is 24.1 Å². The lowest BCUT2D eigenvalue weighted by atomic mass is 9.82. The summed E-state index contributed by atoms with van der Waals surface area (Å²) in [4.78, 5) is 28.1. The molecule has 4 rings (SSSR count). The Balaban J connectivity index is 1.61. The van der Waals surface area contributed by atoms with Crippen molar-refractivity contribution in [3.05, 3.63) is 34.7 Å². The van der Waals surface area contributed by atoms with Gasteiger partial charge in [-0.15, -0.1) is 0 Å². The number of hydrogen-bond donors (Lipinski definition) is 1. The minimum absolute atomic E-state index is 0.148.